The van der Waals surface area contributed by atoms with E-state index in [1.165, 1.54) is 18.2 Å². The first kappa shape index (κ1) is 12.7. The summed E-state index contributed by atoms with van der Waals surface area (Å²) in [5, 5.41) is 24.8. The number of carbonyl (C=O) groups is 1. The maximum absolute atomic E-state index is 12.1. The van der Waals surface area contributed by atoms with E-state index >= 15 is 0 Å². The molecule has 1 fully saturated rings. The number of amides is 1. The zero-order chi connectivity index (χ0) is 13.2. The van der Waals surface area contributed by atoms with Gasteiger partial charge in [-0.25, -0.2) is 0 Å². The first-order valence-electron chi connectivity index (χ1n) is 6.05. The molecule has 0 aliphatic carbocycles. The van der Waals surface area contributed by atoms with Crippen molar-refractivity contribution in [2.24, 2.45) is 0 Å². The molecule has 4 N–H and O–H groups in total. The second-order valence-electron chi connectivity index (χ2n) is 4.97. The molecule has 1 aliphatic heterocycles. The van der Waals surface area contributed by atoms with Crippen LogP contribution in [0.2, 0.25) is 0 Å². The zero-order valence-corrected chi connectivity index (χ0v) is 10.4. The summed E-state index contributed by atoms with van der Waals surface area (Å²) in [6, 6.07) is 4.08. The van der Waals surface area contributed by atoms with Gasteiger partial charge >= 0.3 is 0 Å². The van der Waals surface area contributed by atoms with Crippen molar-refractivity contribution in [3.8, 4) is 11.5 Å². The lowest BCUT2D eigenvalue weighted by atomic mass is 9.90. The van der Waals surface area contributed by atoms with Crippen molar-refractivity contribution in [2.75, 3.05) is 13.1 Å². The van der Waals surface area contributed by atoms with E-state index in [0.717, 1.165) is 25.9 Å². The summed E-state index contributed by atoms with van der Waals surface area (Å²) >= 11 is 0. The van der Waals surface area contributed by atoms with Crippen molar-refractivity contribution >= 4 is 5.91 Å². The molecule has 18 heavy (non-hydrogen) atoms. The summed E-state index contributed by atoms with van der Waals surface area (Å²) in [4.78, 5) is 12.1. The van der Waals surface area contributed by atoms with Gasteiger partial charge in [0.25, 0.3) is 5.91 Å². The Labute approximate surface area is 106 Å². The molecule has 1 amide bonds. The average Bonchev–Trinajstić information content (AvgIpc) is 2.33. The molecule has 5 heteroatoms. The molecule has 98 valence electrons. The summed E-state index contributed by atoms with van der Waals surface area (Å²) < 4.78 is 0. The predicted octanol–water partition coefficient (Wildman–Crippen LogP) is 0.970. The Morgan fingerprint density at radius 1 is 1.28 bits per heavy atom. The minimum absolute atomic E-state index is 0.212. The number of rotatable bonds is 2. The van der Waals surface area contributed by atoms with Crippen molar-refractivity contribution < 1.29 is 15.0 Å². The van der Waals surface area contributed by atoms with Gasteiger partial charge in [-0.2, -0.15) is 0 Å². The van der Waals surface area contributed by atoms with Gasteiger partial charge in [0.15, 0.2) is 11.5 Å². The molecule has 0 bridgehead atoms. The molecule has 1 saturated heterocycles. The smallest absolute Gasteiger partial charge is 0.251 e. The van der Waals surface area contributed by atoms with E-state index < -0.39 is 0 Å². The van der Waals surface area contributed by atoms with Gasteiger partial charge in [0.1, 0.15) is 0 Å². The second-order valence-corrected chi connectivity index (χ2v) is 4.97. The molecular weight excluding hydrogens is 232 g/mol. The van der Waals surface area contributed by atoms with Crippen LogP contribution in [0, 0.1) is 0 Å². The van der Waals surface area contributed by atoms with E-state index in [-0.39, 0.29) is 22.9 Å². The Hall–Kier alpha value is -1.75. The first-order chi connectivity index (χ1) is 8.50. The number of nitrogens with one attached hydrogen (secondary N) is 2. The molecule has 0 unspecified atom stereocenters. The molecule has 5 nitrogen and oxygen atoms in total. The molecule has 1 aromatic rings. The molecular formula is C13H18N2O3. The van der Waals surface area contributed by atoms with Crippen LogP contribution in [0.1, 0.15) is 30.1 Å². The van der Waals surface area contributed by atoms with Crippen LogP contribution in [0.3, 0.4) is 0 Å². The number of phenolic OH excluding ortho intramolecular Hbond substituents is 2. The van der Waals surface area contributed by atoms with E-state index in [9.17, 15) is 15.0 Å². The topological polar surface area (TPSA) is 81.6 Å². The molecule has 1 heterocycles. The van der Waals surface area contributed by atoms with E-state index in [4.69, 9.17) is 0 Å². The van der Waals surface area contributed by atoms with Crippen molar-refractivity contribution in [1.82, 2.24) is 10.6 Å². The fraction of sp³-hybridized carbons (Fsp3) is 0.462. The third-order valence-electron chi connectivity index (χ3n) is 3.36. The van der Waals surface area contributed by atoms with Crippen LogP contribution in [0.25, 0.3) is 0 Å². The van der Waals surface area contributed by atoms with Crippen LogP contribution in [-0.4, -0.2) is 34.7 Å². The lowest BCUT2D eigenvalue weighted by molar-refractivity contribution is 0.0887. The van der Waals surface area contributed by atoms with Crippen LogP contribution in [0.5, 0.6) is 11.5 Å². The summed E-state index contributed by atoms with van der Waals surface area (Å²) in [7, 11) is 0. The Balaban J connectivity index is 2.09. The van der Waals surface area contributed by atoms with Gasteiger partial charge in [-0.15, -0.1) is 0 Å². The minimum Gasteiger partial charge on any atom is -0.504 e. The third kappa shape index (κ3) is 2.73. The maximum Gasteiger partial charge on any atom is 0.251 e. The number of carbonyl (C=O) groups excluding carboxylic acids is 1. The van der Waals surface area contributed by atoms with Gasteiger partial charge < -0.3 is 20.8 Å². The number of benzene rings is 1. The fourth-order valence-corrected chi connectivity index (χ4v) is 2.11. The SMILES string of the molecule is CC1(NC(=O)c2ccc(O)c(O)c2)CCNCC1. The number of phenols is 2. The molecule has 0 atom stereocenters. The normalized spacial score (nSPS) is 18.3. The third-order valence-corrected chi connectivity index (χ3v) is 3.36. The van der Waals surface area contributed by atoms with Gasteiger partial charge in [0.05, 0.1) is 0 Å². The lowest BCUT2D eigenvalue weighted by Gasteiger charge is -2.35. The molecule has 1 aliphatic rings. The number of hydrogen-bond donors (Lipinski definition) is 4. The van der Waals surface area contributed by atoms with Crippen molar-refractivity contribution in [3.05, 3.63) is 23.8 Å². The summed E-state index contributed by atoms with van der Waals surface area (Å²) in [6.07, 6.45) is 1.76. The summed E-state index contributed by atoms with van der Waals surface area (Å²) in [5.74, 6) is -0.729. The highest BCUT2D eigenvalue weighted by Crippen LogP contribution is 2.25. The van der Waals surface area contributed by atoms with Crippen LogP contribution >= 0.6 is 0 Å². The van der Waals surface area contributed by atoms with Crippen molar-refractivity contribution in [2.45, 2.75) is 25.3 Å². The molecule has 2 rings (SSSR count). The largest absolute Gasteiger partial charge is 0.504 e. The van der Waals surface area contributed by atoms with Gasteiger partial charge in [-0.05, 0) is 51.1 Å². The highest BCUT2D eigenvalue weighted by atomic mass is 16.3. The molecule has 0 saturated carbocycles. The number of aromatic hydroxyl groups is 2. The van der Waals surface area contributed by atoms with Gasteiger partial charge in [-0.1, -0.05) is 0 Å². The highest BCUT2D eigenvalue weighted by Gasteiger charge is 2.28. The number of piperidine rings is 1. The minimum atomic E-state index is -0.280. The molecule has 0 aromatic heterocycles. The van der Waals surface area contributed by atoms with E-state index in [0.29, 0.717) is 5.56 Å². The van der Waals surface area contributed by atoms with Gasteiger partial charge in [-0.3, -0.25) is 4.79 Å². The van der Waals surface area contributed by atoms with Gasteiger partial charge in [0.2, 0.25) is 0 Å². The van der Waals surface area contributed by atoms with Crippen molar-refractivity contribution in [1.29, 1.82) is 0 Å². The first-order valence-corrected chi connectivity index (χ1v) is 6.05. The van der Waals surface area contributed by atoms with E-state index in [2.05, 4.69) is 10.6 Å². The molecule has 0 radical (unpaired) electrons. The lowest BCUT2D eigenvalue weighted by Crippen LogP contribution is -2.52. The Morgan fingerprint density at radius 3 is 2.56 bits per heavy atom. The quantitative estimate of drug-likeness (QED) is 0.590. The Morgan fingerprint density at radius 2 is 1.94 bits per heavy atom. The Bertz CT molecular complexity index is 454. The van der Waals surface area contributed by atoms with Gasteiger partial charge in [0, 0.05) is 11.1 Å². The molecule has 1 aromatic carbocycles. The predicted molar refractivity (Wildman–Crippen MR) is 67.7 cm³/mol. The van der Waals surface area contributed by atoms with E-state index in [1.54, 1.807) is 0 Å². The number of hydrogen-bond acceptors (Lipinski definition) is 4. The van der Waals surface area contributed by atoms with Crippen LogP contribution < -0.4 is 10.6 Å². The average molecular weight is 250 g/mol. The second kappa shape index (κ2) is 4.86. The van der Waals surface area contributed by atoms with Crippen molar-refractivity contribution in [3.63, 3.8) is 0 Å². The maximum atomic E-state index is 12.1. The molecule has 0 spiro atoms. The van der Waals surface area contributed by atoms with Crippen LogP contribution in [0.4, 0.5) is 0 Å². The highest BCUT2D eigenvalue weighted by molar-refractivity contribution is 5.95. The Kier molecular flexibility index (Phi) is 3.43. The van der Waals surface area contributed by atoms with Crippen LogP contribution in [-0.2, 0) is 0 Å². The van der Waals surface area contributed by atoms with Crippen LogP contribution in [0.15, 0.2) is 18.2 Å². The summed E-state index contributed by atoms with van der Waals surface area (Å²) in [5.41, 5.74) is 0.139. The fourth-order valence-electron chi connectivity index (χ4n) is 2.11. The summed E-state index contributed by atoms with van der Waals surface area (Å²) in [6.45, 7) is 3.79. The standard InChI is InChI=1S/C13H18N2O3/c1-13(4-6-14-7-5-13)15-12(18)9-2-3-10(16)11(17)8-9/h2-3,8,14,16-17H,4-7H2,1H3,(H,15,18). The van der Waals surface area contributed by atoms with E-state index in [1.807, 2.05) is 6.92 Å². The monoisotopic (exact) mass is 250 g/mol. The zero-order valence-electron chi connectivity index (χ0n) is 10.4.